The summed E-state index contributed by atoms with van der Waals surface area (Å²) >= 11 is 0. The van der Waals surface area contributed by atoms with Crippen LogP contribution in [0.4, 0.5) is 4.79 Å². The number of morpholine rings is 1. The lowest BCUT2D eigenvalue weighted by atomic mass is 10.2. The molecule has 0 aromatic rings. The van der Waals surface area contributed by atoms with E-state index in [1.165, 1.54) is 4.90 Å². The molecule has 2 atom stereocenters. The largest absolute Gasteiger partial charge is 0.479 e. The first-order chi connectivity index (χ1) is 9.16. The maximum atomic E-state index is 11.9. The minimum Gasteiger partial charge on any atom is -0.479 e. The first-order valence-electron chi connectivity index (χ1n) is 6.65. The number of carbonyl (C=O) groups excluding carboxylic acids is 1. The number of carboxylic acids is 1. The lowest BCUT2D eigenvalue weighted by Gasteiger charge is -2.30. The fourth-order valence-corrected chi connectivity index (χ4v) is 2.31. The number of carbonyl (C=O) groups is 2. The minimum absolute atomic E-state index is 0.0983. The summed E-state index contributed by atoms with van der Waals surface area (Å²) in [6.45, 7) is 2.15. The second-order valence-electron chi connectivity index (χ2n) is 4.80. The van der Waals surface area contributed by atoms with Gasteiger partial charge in [-0.15, -0.1) is 0 Å². The zero-order chi connectivity index (χ0) is 13.7. The van der Waals surface area contributed by atoms with Crippen molar-refractivity contribution in [2.24, 2.45) is 0 Å². The molecule has 0 aromatic heterocycles. The van der Waals surface area contributed by atoms with Gasteiger partial charge < -0.3 is 24.8 Å². The van der Waals surface area contributed by atoms with Crippen LogP contribution in [0, 0.1) is 0 Å². The highest BCUT2D eigenvalue weighted by Crippen LogP contribution is 2.14. The average molecular weight is 272 g/mol. The van der Waals surface area contributed by atoms with Crippen molar-refractivity contribution < 1.29 is 24.2 Å². The normalized spacial score (nSPS) is 27.3. The lowest BCUT2D eigenvalue weighted by Crippen LogP contribution is -2.52. The van der Waals surface area contributed by atoms with Gasteiger partial charge in [-0.25, -0.2) is 9.59 Å². The summed E-state index contributed by atoms with van der Waals surface area (Å²) in [6.07, 6.45) is 2.27. The van der Waals surface area contributed by atoms with Crippen LogP contribution in [0.3, 0.4) is 0 Å². The van der Waals surface area contributed by atoms with Gasteiger partial charge in [0.05, 0.1) is 19.3 Å². The van der Waals surface area contributed by atoms with Crippen molar-refractivity contribution in [2.75, 3.05) is 32.8 Å². The second kappa shape index (κ2) is 6.72. The van der Waals surface area contributed by atoms with Crippen LogP contribution >= 0.6 is 0 Å². The van der Waals surface area contributed by atoms with Gasteiger partial charge in [-0.3, -0.25) is 0 Å². The van der Waals surface area contributed by atoms with E-state index in [1.807, 2.05) is 0 Å². The zero-order valence-corrected chi connectivity index (χ0v) is 10.8. The molecular formula is C12H20N2O5. The summed E-state index contributed by atoms with van der Waals surface area (Å²) in [6, 6.07) is -0.229. The SMILES string of the molecule is O=C(O)C1CN(C(=O)NCCC2CCCO2)CCO1. The zero-order valence-electron chi connectivity index (χ0n) is 10.8. The molecule has 108 valence electrons. The molecule has 0 aromatic carbocycles. The van der Waals surface area contributed by atoms with Crippen molar-refractivity contribution in [1.82, 2.24) is 10.2 Å². The summed E-state index contributed by atoms with van der Waals surface area (Å²) in [7, 11) is 0. The van der Waals surface area contributed by atoms with Crippen LogP contribution < -0.4 is 5.32 Å². The van der Waals surface area contributed by atoms with E-state index in [4.69, 9.17) is 14.6 Å². The maximum absolute atomic E-state index is 11.9. The molecule has 2 rings (SSSR count). The fourth-order valence-electron chi connectivity index (χ4n) is 2.31. The predicted molar refractivity (Wildman–Crippen MR) is 65.9 cm³/mol. The first-order valence-corrected chi connectivity index (χ1v) is 6.65. The van der Waals surface area contributed by atoms with Gasteiger partial charge in [-0.05, 0) is 19.3 Å². The summed E-state index contributed by atoms with van der Waals surface area (Å²) in [4.78, 5) is 24.2. The van der Waals surface area contributed by atoms with Crippen LogP contribution in [-0.4, -0.2) is 67.1 Å². The number of ether oxygens (including phenoxy) is 2. The van der Waals surface area contributed by atoms with Crippen LogP contribution in [0.25, 0.3) is 0 Å². The minimum atomic E-state index is -1.03. The molecule has 0 bridgehead atoms. The van der Waals surface area contributed by atoms with Crippen molar-refractivity contribution in [3.63, 3.8) is 0 Å². The van der Waals surface area contributed by atoms with Crippen LogP contribution in [0.5, 0.6) is 0 Å². The number of urea groups is 1. The van der Waals surface area contributed by atoms with E-state index >= 15 is 0 Å². The molecule has 2 aliphatic heterocycles. The molecular weight excluding hydrogens is 252 g/mol. The Kier molecular flexibility index (Phi) is 4.98. The molecule has 2 unspecified atom stereocenters. The van der Waals surface area contributed by atoms with Crippen molar-refractivity contribution in [2.45, 2.75) is 31.5 Å². The van der Waals surface area contributed by atoms with Gasteiger partial charge in [-0.2, -0.15) is 0 Å². The smallest absolute Gasteiger partial charge is 0.334 e. The predicted octanol–water partition coefficient (Wildman–Crippen LogP) is 0.0505. The molecule has 2 N–H and O–H groups in total. The van der Waals surface area contributed by atoms with Crippen LogP contribution in [0.1, 0.15) is 19.3 Å². The highest BCUT2D eigenvalue weighted by atomic mass is 16.5. The highest BCUT2D eigenvalue weighted by molar-refractivity contribution is 5.77. The molecule has 7 heteroatoms. The Hall–Kier alpha value is -1.34. The Morgan fingerprint density at radius 3 is 2.84 bits per heavy atom. The summed E-state index contributed by atoms with van der Waals surface area (Å²) in [5.74, 6) is -1.03. The third-order valence-corrected chi connectivity index (χ3v) is 3.40. The Balaban J connectivity index is 1.68. The van der Waals surface area contributed by atoms with E-state index in [-0.39, 0.29) is 25.3 Å². The third-order valence-electron chi connectivity index (χ3n) is 3.40. The summed E-state index contributed by atoms with van der Waals surface area (Å²) in [5, 5.41) is 11.7. The van der Waals surface area contributed by atoms with Gasteiger partial charge in [0.2, 0.25) is 0 Å². The van der Waals surface area contributed by atoms with Crippen LogP contribution in [0.2, 0.25) is 0 Å². The molecule has 19 heavy (non-hydrogen) atoms. The number of carboxylic acid groups (broad SMARTS) is 1. The first kappa shape index (κ1) is 14.1. The van der Waals surface area contributed by atoms with Gasteiger partial charge in [-0.1, -0.05) is 0 Å². The number of rotatable bonds is 4. The monoisotopic (exact) mass is 272 g/mol. The fraction of sp³-hybridized carbons (Fsp3) is 0.833. The van der Waals surface area contributed by atoms with Gasteiger partial charge in [0, 0.05) is 19.7 Å². The Labute approximate surface area is 111 Å². The van der Waals surface area contributed by atoms with Crippen LogP contribution in [0.15, 0.2) is 0 Å². The quantitative estimate of drug-likeness (QED) is 0.755. The number of hydrogen-bond acceptors (Lipinski definition) is 4. The molecule has 2 fully saturated rings. The molecule has 2 aliphatic rings. The standard InChI is InChI=1S/C12H20N2O5/c15-11(16)10-8-14(5-7-19-10)12(17)13-4-3-9-2-1-6-18-9/h9-10H,1-8H2,(H,13,17)(H,15,16). The van der Waals surface area contributed by atoms with Gasteiger partial charge >= 0.3 is 12.0 Å². The average Bonchev–Trinajstić information content (AvgIpc) is 2.92. The highest BCUT2D eigenvalue weighted by Gasteiger charge is 2.28. The maximum Gasteiger partial charge on any atom is 0.334 e. The van der Waals surface area contributed by atoms with Gasteiger partial charge in [0.1, 0.15) is 0 Å². The van der Waals surface area contributed by atoms with E-state index in [2.05, 4.69) is 5.32 Å². The van der Waals surface area contributed by atoms with E-state index in [9.17, 15) is 9.59 Å². The van der Waals surface area contributed by atoms with E-state index < -0.39 is 12.1 Å². The number of aliphatic carboxylic acids is 1. The Bertz CT molecular complexity index is 330. The molecule has 2 heterocycles. The van der Waals surface area contributed by atoms with Gasteiger partial charge in [0.15, 0.2) is 6.10 Å². The molecule has 0 aliphatic carbocycles. The van der Waals surface area contributed by atoms with Crippen molar-refractivity contribution in [1.29, 1.82) is 0 Å². The Morgan fingerprint density at radius 2 is 2.16 bits per heavy atom. The van der Waals surface area contributed by atoms with E-state index in [0.29, 0.717) is 13.1 Å². The third kappa shape index (κ3) is 4.07. The lowest BCUT2D eigenvalue weighted by molar-refractivity contribution is -0.154. The number of hydrogen-bond donors (Lipinski definition) is 2. The summed E-state index contributed by atoms with van der Waals surface area (Å²) < 4.78 is 10.5. The number of amides is 2. The van der Waals surface area contributed by atoms with Crippen molar-refractivity contribution >= 4 is 12.0 Å². The molecule has 2 saturated heterocycles. The second-order valence-corrected chi connectivity index (χ2v) is 4.80. The summed E-state index contributed by atoms with van der Waals surface area (Å²) in [5.41, 5.74) is 0. The van der Waals surface area contributed by atoms with Crippen molar-refractivity contribution in [3.8, 4) is 0 Å². The molecule has 0 radical (unpaired) electrons. The van der Waals surface area contributed by atoms with Gasteiger partial charge in [0.25, 0.3) is 0 Å². The molecule has 7 nitrogen and oxygen atoms in total. The van der Waals surface area contributed by atoms with E-state index in [1.54, 1.807) is 0 Å². The number of nitrogens with zero attached hydrogens (tertiary/aromatic N) is 1. The molecule has 2 amide bonds. The molecule has 0 spiro atoms. The van der Waals surface area contributed by atoms with Crippen molar-refractivity contribution in [3.05, 3.63) is 0 Å². The number of nitrogens with one attached hydrogen (secondary N) is 1. The topological polar surface area (TPSA) is 88.1 Å². The van der Waals surface area contributed by atoms with E-state index in [0.717, 1.165) is 25.9 Å². The molecule has 0 saturated carbocycles. The Morgan fingerprint density at radius 1 is 1.32 bits per heavy atom. The van der Waals surface area contributed by atoms with Crippen LogP contribution in [-0.2, 0) is 14.3 Å².